The van der Waals surface area contributed by atoms with Crippen LogP contribution in [0.15, 0.2) is 30.3 Å². The number of hydrogen-bond donors (Lipinski definition) is 1. The number of carbonyl (C=O) groups excluding carboxylic acids is 1. The fourth-order valence-corrected chi connectivity index (χ4v) is 3.01. The molecule has 98 valence electrons. The van der Waals surface area contributed by atoms with Gasteiger partial charge in [0, 0.05) is 10.6 Å². The number of amides is 1. The van der Waals surface area contributed by atoms with Crippen LogP contribution in [0.1, 0.15) is 14.5 Å². The highest BCUT2D eigenvalue weighted by Crippen LogP contribution is 2.33. The summed E-state index contributed by atoms with van der Waals surface area (Å²) in [5.41, 5.74) is 7.32. The van der Waals surface area contributed by atoms with Crippen molar-refractivity contribution in [3.63, 3.8) is 0 Å². The number of carbonyl (C=O) groups is 1. The lowest BCUT2D eigenvalue weighted by Crippen LogP contribution is -2.37. The smallest absolute Gasteiger partial charge is 0.268 e. The lowest BCUT2D eigenvalue weighted by Gasteiger charge is -2.29. The Labute approximate surface area is 115 Å². The van der Waals surface area contributed by atoms with Crippen molar-refractivity contribution in [2.24, 2.45) is 0 Å². The SMILES string of the molecule is Cc1sc(C(=O)N2CCOc3ccccc32)cc1N. The molecule has 1 amide bonds. The number of nitrogen functional groups attached to an aromatic ring is 1. The Hall–Kier alpha value is -2.01. The average Bonchev–Trinajstić information content (AvgIpc) is 2.77. The van der Waals surface area contributed by atoms with Gasteiger partial charge in [-0.2, -0.15) is 0 Å². The van der Waals surface area contributed by atoms with E-state index in [2.05, 4.69) is 0 Å². The molecular weight excluding hydrogens is 260 g/mol. The summed E-state index contributed by atoms with van der Waals surface area (Å²) in [5.74, 6) is 0.740. The van der Waals surface area contributed by atoms with E-state index in [0.29, 0.717) is 23.7 Å². The predicted octanol–water partition coefficient (Wildman–Crippen LogP) is 2.68. The summed E-state index contributed by atoms with van der Waals surface area (Å²) in [6.45, 7) is 3.00. The molecule has 1 aromatic carbocycles. The van der Waals surface area contributed by atoms with Crippen molar-refractivity contribution in [2.45, 2.75) is 6.92 Å². The molecule has 3 rings (SSSR count). The van der Waals surface area contributed by atoms with Gasteiger partial charge in [0.2, 0.25) is 0 Å². The topological polar surface area (TPSA) is 55.6 Å². The van der Waals surface area contributed by atoms with E-state index in [-0.39, 0.29) is 5.91 Å². The van der Waals surface area contributed by atoms with Crippen LogP contribution in [0, 0.1) is 6.92 Å². The zero-order valence-electron chi connectivity index (χ0n) is 10.6. The lowest BCUT2D eigenvalue weighted by atomic mass is 10.2. The van der Waals surface area contributed by atoms with Crippen LogP contribution >= 0.6 is 11.3 Å². The Morgan fingerprint density at radius 3 is 2.95 bits per heavy atom. The number of para-hydroxylation sites is 2. The maximum Gasteiger partial charge on any atom is 0.268 e. The molecule has 0 saturated carbocycles. The maximum atomic E-state index is 12.6. The van der Waals surface area contributed by atoms with Crippen LogP contribution in [-0.2, 0) is 0 Å². The third-order valence-electron chi connectivity index (χ3n) is 3.14. The molecular formula is C14H14N2O2S. The predicted molar refractivity (Wildman–Crippen MR) is 77.1 cm³/mol. The van der Waals surface area contributed by atoms with E-state index in [1.807, 2.05) is 31.2 Å². The highest BCUT2D eigenvalue weighted by atomic mass is 32.1. The number of hydrogen-bond acceptors (Lipinski definition) is 4. The van der Waals surface area contributed by atoms with Gasteiger partial charge in [-0.1, -0.05) is 12.1 Å². The Kier molecular flexibility index (Phi) is 2.91. The van der Waals surface area contributed by atoms with Gasteiger partial charge in [0.25, 0.3) is 5.91 Å². The standard InChI is InChI=1S/C14H14N2O2S/c1-9-10(15)8-13(19-9)14(17)16-6-7-18-12-5-3-2-4-11(12)16/h2-5,8H,6-7,15H2,1H3. The van der Waals surface area contributed by atoms with E-state index in [1.54, 1.807) is 11.0 Å². The normalized spacial score (nSPS) is 13.8. The van der Waals surface area contributed by atoms with Crippen LogP contribution in [0.5, 0.6) is 5.75 Å². The second kappa shape index (κ2) is 4.59. The van der Waals surface area contributed by atoms with Gasteiger partial charge < -0.3 is 15.4 Å². The van der Waals surface area contributed by atoms with Crippen LogP contribution < -0.4 is 15.4 Å². The van der Waals surface area contributed by atoms with E-state index in [9.17, 15) is 4.79 Å². The van der Waals surface area contributed by atoms with E-state index in [4.69, 9.17) is 10.5 Å². The monoisotopic (exact) mass is 274 g/mol. The van der Waals surface area contributed by atoms with Gasteiger partial charge in [0.1, 0.15) is 12.4 Å². The third-order valence-corrected chi connectivity index (χ3v) is 4.19. The number of nitrogens with zero attached hydrogens (tertiary/aromatic N) is 1. The van der Waals surface area contributed by atoms with Gasteiger partial charge in [0.05, 0.1) is 17.1 Å². The number of thiophene rings is 1. The fourth-order valence-electron chi connectivity index (χ4n) is 2.12. The summed E-state index contributed by atoms with van der Waals surface area (Å²) in [5, 5.41) is 0. The molecule has 19 heavy (non-hydrogen) atoms. The van der Waals surface area contributed by atoms with Crippen LogP contribution in [0.3, 0.4) is 0 Å². The number of rotatable bonds is 1. The van der Waals surface area contributed by atoms with Crippen LogP contribution in [-0.4, -0.2) is 19.1 Å². The van der Waals surface area contributed by atoms with Crippen molar-refractivity contribution >= 4 is 28.6 Å². The fraction of sp³-hybridized carbons (Fsp3) is 0.214. The average molecular weight is 274 g/mol. The molecule has 2 heterocycles. The first-order chi connectivity index (χ1) is 9.16. The van der Waals surface area contributed by atoms with Gasteiger partial charge in [-0.15, -0.1) is 11.3 Å². The molecule has 1 aromatic heterocycles. The number of ether oxygens (including phenoxy) is 1. The van der Waals surface area contributed by atoms with Crippen molar-refractivity contribution in [2.75, 3.05) is 23.8 Å². The Bertz CT molecular complexity index is 617. The van der Waals surface area contributed by atoms with Gasteiger partial charge >= 0.3 is 0 Å². The molecule has 5 heteroatoms. The van der Waals surface area contributed by atoms with E-state index in [0.717, 1.165) is 16.3 Å². The highest BCUT2D eigenvalue weighted by molar-refractivity contribution is 7.14. The first-order valence-electron chi connectivity index (χ1n) is 6.06. The van der Waals surface area contributed by atoms with Crippen LogP contribution in [0.2, 0.25) is 0 Å². The molecule has 1 aliphatic heterocycles. The zero-order chi connectivity index (χ0) is 13.4. The minimum Gasteiger partial charge on any atom is -0.490 e. The first kappa shape index (κ1) is 12.0. The number of fused-ring (bicyclic) bond motifs is 1. The summed E-state index contributed by atoms with van der Waals surface area (Å²) >= 11 is 1.43. The summed E-state index contributed by atoms with van der Waals surface area (Å²) in [6.07, 6.45) is 0. The minimum absolute atomic E-state index is 0.0134. The largest absolute Gasteiger partial charge is 0.490 e. The molecule has 0 saturated heterocycles. The van der Waals surface area contributed by atoms with Gasteiger partial charge in [-0.3, -0.25) is 4.79 Å². The molecule has 0 atom stereocenters. The second-order valence-corrected chi connectivity index (χ2v) is 5.65. The summed E-state index contributed by atoms with van der Waals surface area (Å²) < 4.78 is 5.55. The Balaban J connectivity index is 1.97. The zero-order valence-corrected chi connectivity index (χ0v) is 11.4. The molecule has 1 aliphatic rings. The van der Waals surface area contributed by atoms with Crippen LogP contribution in [0.4, 0.5) is 11.4 Å². The van der Waals surface area contributed by atoms with Gasteiger partial charge in [-0.05, 0) is 25.1 Å². The molecule has 0 aliphatic carbocycles. The Morgan fingerprint density at radius 2 is 2.21 bits per heavy atom. The van der Waals surface area contributed by atoms with Gasteiger partial charge in [0.15, 0.2) is 0 Å². The van der Waals surface area contributed by atoms with E-state index < -0.39 is 0 Å². The molecule has 0 unspecified atom stereocenters. The van der Waals surface area contributed by atoms with E-state index >= 15 is 0 Å². The second-order valence-electron chi connectivity index (χ2n) is 4.40. The molecule has 2 N–H and O–H groups in total. The lowest BCUT2D eigenvalue weighted by molar-refractivity contribution is 0.0980. The van der Waals surface area contributed by atoms with E-state index in [1.165, 1.54) is 11.3 Å². The number of nitrogens with two attached hydrogens (primary N) is 1. The van der Waals surface area contributed by atoms with Crippen molar-refractivity contribution < 1.29 is 9.53 Å². The minimum atomic E-state index is -0.0134. The number of benzene rings is 1. The molecule has 4 nitrogen and oxygen atoms in total. The summed E-state index contributed by atoms with van der Waals surface area (Å²) in [6, 6.07) is 9.33. The van der Waals surface area contributed by atoms with Crippen LogP contribution in [0.25, 0.3) is 0 Å². The first-order valence-corrected chi connectivity index (χ1v) is 6.88. The molecule has 2 aromatic rings. The molecule has 0 bridgehead atoms. The van der Waals surface area contributed by atoms with Crippen molar-refractivity contribution in [3.05, 3.63) is 40.1 Å². The van der Waals surface area contributed by atoms with Crippen molar-refractivity contribution in [1.82, 2.24) is 0 Å². The van der Waals surface area contributed by atoms with Crippen molar-refractivity contribution in [3.8, 4) is 5.75 Å². The number of anilines is 2. The summed E-state index contributed by atoms with van der Waals surface area (Å²) in [4.78, 5) is 16.0. The van der Waals surface area contributed by atoms with Gasteiger partial charge in [-0.25, -0.2) is 0 Å². The third kappa shape index (κ3) is 2.06. The maximum absolute atomic E-state index is 12.6. The number of aryl methyl sites for hydroxylation is 1. The Morgan fingerprint density at radius 1 is 1.42 bits per heavy atom. The van der Waals surface area contributed by atoms with Crippen molar-refractivity contribution in [1.29, 1.82) is 0 Å². The summed E-state index contributed by atoms with van der Waals surface area (Å²) in [7, 11) is 0. The molecule has 0 spiro atoms. The quantitative estimate of drug-likeness (QED) is 0.869. The molecule has 0 fully saturated rings. The highest BCUT2D eigenvalue weighted by Gasteiger charge is 2.25. The molecule has 0 radical (unpaired) electrons.